The largest absolute Gasteiger partial charge is 0.494 e. The summed E-state index contributed by atoms with van der Waals surface area (Å²) >= 11 is 0. The highest BCUT2D eigenvalue weighted by Crippen LogP contribution is 2.06. The number of aryl methyl sites for hydroxylation is 1. The molecule has 1 aromatic carbocycles. The summed E-state index contributed by atoms with van der Waals surface area (Å²) in [5.41, 5.74) is 0.538. The lowest BCUT2D eigenvalue weighted by atomic mass is 9.77. The van der Waals surface area contributed by atoms with Gasteiger partial charge >= 0.3 is 13.1 Å². The maximum absolute atomic E-state index is 12.0. The summed E-state index contributed by atoms with van der Waals surface area (Å²) in [6.07, 6.45) is -0.146. The van der Waals surface area contributed by atoms with Crippen LogP contribution >= 0.6 is 0 Å². The van der Waals surface area contributed by atoms with Crippen molar-refractivity contribution in [2.24, 2.45) is 0 Å². The third kappa shape index (κ3) is 3.60. The molecule has 0 spiro atoms. The molecule has 7 nitrogen and oxygen atoms in total. The molecule has 114 valence electrons. The van der Waals surface area contributed by atoms with E-state index in [0.29, 0.717) is 5.56 Å². The van der Waals surface area contributed by atoms with Gasteiger partial charge in [-0.15, -0.1) is 0 Å². The minimum absolute atomic E-state index is 0.0700. The summed E-state index contributed by atoms with van der Waals surface area (Å²) in [6, 6.07) is 8.38. The quantitative estimate of drug-likeness (QED) is 0.442. The highest BCUT2D eigenvalue weighted by atomic mass is 16.5. The van der Waals surface area contributed by atoms with Crippen LogP contribution in [0.1, 0.15) is 33.0 Å². The van der Waals surface area contributed by atoms with Crippen LogP contribution in [0.15, 0.2) is 34.9 Å². The zero-order valence-electron chi connectivity index (χ0n) is 11.9. The van der Waals surface area contributed by atoms with Gasteiger partial charge in [0, 0.05) is 6.42 Å². The van der Waals surface area contributed by atoms with Gasteiger partial charge in [0.25, 0.3) is 0 Å². The summed E-state index contributed by atoms with van der Waals surface area (Å²) in [4.78, 5) is 23.6. The van der Waals surface area contributed by atoms with Crippen LogP contribution in [0.5, 0.6) is 0 Å². The molecule has 2 aromatic rings. The number of Topliss-reactive ketones (excluding diaryl/α,β-unsaturated/α-hetero) is 1. The first kappa shape index (κ1) is 15.9. The van der Waals surface area contributed by atoms with Crippen LogP contribution in [-0.2, 0) is 4.74 Å². The second kappa shape index (κ2) is 7.01. The first-order valence-corrected chi connectivity index (χ1v) is 6.58. The molecule has 0 fully saturated rings. The third-order valence-electron chi connectivity index (χ3n) is 2.99. The van der Waals surface area contributed by atoms with Gasteiger partial charge in [0.05, 0.1) is 23.3 Å². The Morgan fingerprint density at radius 2 is 1.95 bits per heavy atom. The molecule has 0 radical (unpaired) electrons. The van der Waals surface area contributed by atoms with Crippen molar-refractivity contribution in [2.75, 3.05) is 6.61 Å². The maximum atomic E-state index is 12.0. The predicted molar refractivity (Wildman–Crippen MR) is 76.7 cm³/mol. The Hall–Kier alpha value is -2.45. The fourth-order valence-corrected chi connectivity index (χ4v) is 1.89. The summed E-state index contributed by atoms with van der Waals surface area (Å²) in [5.74, 6) is -1.29. The van der Waals surface area contributed by atoms with Crippen molar-refractivity contribution in [3.63, 3.8) is 0 Å². The topological polar surface area (TPSA) is 110 Å². The van der Waals surface area contributed by atoms with Gasteiger partial charge in [-0.05, 0) is 19.1 Å². The highest BCUT2D eigenvalue weighted by Gasteiger charge is 2.28. The van der Waals surface area contributed by atoms with E-state index < -0.39 is 18.9 Å². The SMILES string of the molecule is Cc1noc(C(=O)CCOC(=O)c2ccccc2)c1B(O)O. The predicted octanol–water partition coefficient (Wildman–Crippen LogP) is 0.0926. The molecule has 0 aliphatic rings. The Balaban J connectivity index is 1.93. The van der Waals surface area contributed by atoms with Crippen LogP contribution in [0.3, 0.4) is 0 Å². The Bertz CT molecular complexity index is 667. The molecule has 0 amide bonds. The summed E-state index contributed by atoms with van der Waals surface area (Å²) in [5, 5.41) is 21.9. The van der Waals surface area contributed by atoms with Gasteiger partial charge in [-0.25, -0.2) is 4.79 Å². The Morgan fingerprint density at radius 3 is 2.59 bits per heavy atom. The minimum Gasteiger partial charge on any atom is -0.462 e. The molecule has 22 heavy (non-hydrogen) atoms. The molecule has 2 N–H and O–H groups in total. The molecule has 0 unspecified atom stereocenters. The van der Waals surface area contributed by atoms with E-state index in [0.717, 1.165) is 0 Å². The molecule has 1 aromatic heterocycles. The van der Waals surface area contributed by atoms with Crippen molar-refractivity contribution in [1.82, 2.24) is 5.16 Å². The van der Waals surface area contributed by atoms with Crippen LogP contribution in [0.2, 0.25) is 0 Å². The number of carbonyl (C=O) groups excluding carboxylic acids is 2. The summed E-state index contributed by atoms with van der Waals surface area (Å²) in [7, 11) is -1.85. The molecule has 0 saturated heterocycles. The van der Waals surface area contributed by atoms with Crippen LogP contribution < -0.4 is 5.46 Å². The molecular weight excluding hydrogens is 289 g/mol. The summed E-state index contributed by atoms with van der Waals surface area (Å²) < 4.78 is 9.78. The zero-order valence-corrected chi connectivity index (χ0v) is 11.9. The van der Waals surface area contributed by atoms with Crippen molar-refractivity contribution < 1.29 is 28.9 Å². The van der Waals surface area contributed by atoms with Crippen molar-refractivity contribution >= 4 is 24.3 Å². The molecule has 8 heteroatoms. The van der Waals surface area contributed by atoms with Crippen molar-refractivity contribution in [1.29, 1.82) is 0 Å². The van der Waals surface area contributed by atoms with E-state index in [4.69, 9.17) is 9.26 Å². The van der Waals surface area contributed by atoms with Gasteiger partial charge in [-0.1, -0.05) is 23.4 Å². The van der Waals surface area contributed by atoms with Crippen LogP contribution in [0.25, 0.3) is 0 Å². The van der Waals surface area contributed by atoms with Crippen LogP contribution in [0, 0.1) is 6.92 Å². The standard InChI is InChI=1S/C14H14BNO6/c1-9-12(15(19)20)13(22-16-9)11(17)7-8-21-14(18)10-5-3-2-4-6-10/h2-6,19-20H,7-8H2,1H3. The number of benzene rings is 1. The molecule has 0 aliphatic carbocycles. The average molecular weight is 303 g/mol. The molecule has 0 atom stereocenters. The Kier molecular flexibility index (Phi) is 5.08. The average Bonchev–Trinajstić information content (AvgIpc) is 2.90. The second-order valence-electron chi connectivity index (χ2n) is 4.56. The lowest BCUT2D eigenvalue weighted by Gasteiger charge is -2.04. The number of nitrogens with zero attached hydrogens (tertiary/aromatic N) is 1. The first-order valence-electron chi connectivity index (χ1n) is 6.58. The van der Waals surface area contributed by atoms with E-state index >= 15 is 0 Å². The fraction of sp³-hybridized carbons (Fsp3) is 0.214. The van der Waals surface area contributed by atoms with Crippen molar-refractivity contribution in [2.45, 2.75) is 13.3 Å². The van der Waals surface area contributed by atoms with E-state index in [1.54, 1.807) is 30.3 Å². The monoisotopic (exact) mass is 303 g/mol. The van der Waals surface area contributed by atoms with E-state index in [-0.39, 0.29) is 29.9 Å². The zero-order chi connectivity index (χ0) is 16.1. The van der Waals surface area contributed by atoms with Gasteiger partial charge in [0.15, 0.2) is 0 Å². The van der Waals surface area contributed by atoms with Crippen molar-refractivity contribution in [3.05, 3.63) is 47.3 Å². The van der Waals surface area contributed by atoms with Crippen LogP contribution in [-0.4, -0.2) is 40.7 Å². The fourth-order valence-electron chi connectivity index (χ4n) is 1.89. The number of esters is 1. The van der Waals surface area contributed by atoms with E-state index in [1.165, 1.54) is 6.92 Å². The van der Waals surface area contributed by atoms with Gasteiger partial charge in [0.2, 0.25) is 11.5 Å². The molecule has 0 saturated carbocycles. The first-order chi connectivity index (χ1) is 10.5. The number of hydrogen-bond donors (Lipinski definition) is 2. The number of ether oxygens (including phenoxy) is 1. The van der Waals surface area contributed by atoms with E-state index in [1.807, 2.05) is 0 Å². The number of aromatic nitrogens is 1. The lowest BCUT2D eigenvalue weighted by molar-refractivity contribution is 0.0493. The molecule has 2 rings (SSSR count). The maximum Gasteiger partial charge on any atom is 0.494 e. The van der Waals surface area contributed by atoms with Crippen LogP contribution in [0.4, 0.5) is 0 Å². The Labute approximate surface area is 126 Å². The van der Waals surface area contributed by atoms with Gasteiger partial charge in [-0.3, -0.25) is 4.79 Å². The molecular formula is C14H14BNO6. The smallest absolute Gasteiger partial charge is 0.462 e. The van der Waals surface area contributed by atoms with Gasteiger partial charge in [-0.2, -0.15) is 0 Å². The van der Waals surface area contributed by atoms with Gasteiger partial charge < -0.3 is 19.3 Å². The molecule has 1 heterocycles. The normalized spacial score (nSPS) is 10.3. The number of hydrogen-bond acceptors (Lipinski definition) is 7. The Morgan fingerprint density at radius 1 is 1.27 bits per heavy atom. The molecule has 0 bridgehead atoms. The number of rotatable bonds is 6. The summed E-state index contributed by atoms with van der Waals surface area (Å²) in [6.45, 7) is 1.34. The van der Waals surface area contributed by atoms with Crippen molar-refractivity contribution in [3.8, 4) is 0 Å². The van der Waals surface area contributed by atoms with E-state index in [9.17, 15) is 19.6 Å². The highest BCUT2D eigenvalue weighted by molar-refractivity contribution is 6.60. The van der Waals surface area contributed by atoms with Gasteiger partial charge in [0.1, 0.15) is 0 Å². The molecule has 0 aliphatic heterocycles. The minimum atomic E-state index is -1.85. The van der Waals surface area contributed by atoms with E-state index in [2.05, 4.69) is 5.16 Å². The second-order valence-corrected chi connectivity index (χ2v) is 4.56. The third-order valence-corrected chi connectivity index (χ3v) is 2.99. The number of carbonyl (C=O) groups is 2. The number of ketones is 1. The lowest BCUT2D eigenvalue weighted by Crippen LogP contribution is -2.35.